The lowest BCUT2D eigenvalue weighted by molar-refractivity contribution is 0.502. The largest absolute Gasteiger partial charge is 0.240 e. The molecule has 1 aliphatic rings. The number of thiazole rings is 1. The van der Waals surface area contributed by atoms with Crippen LogP contribution in [0.15, 0.2) is 30.3 Å². The molecule has 1 atom stereocenters. The molecule has 2 nitrogen and oxygen atoms in total. The van der Waals surface area contributed by atoms with Gasteiger partial charge in [0.05, 0.1) is 11.3 Å². The van der Waals surface area contributed by atoms with Gasteiger partial charge in [0.1, 0.15) is 11.1 Å². The molecule has 0 unspecified atom stereocenters. The standard InChI is InChI=1S/C17H16N2S/c1-12-7-8-15-16(9-12)20-17(19-15)14(11-18)10-13-5-3-2-4-6-13/h2-6,10,12H,7-9H2,1H3/b14-10-/t12-/m1/s1. The average Bonchev–Trinajstić information content (AvgIpc) is 2.88. The second-order valence-electron chi connectivity index (χ2n) is 5.32. The van der Waals surface area contributed by atoms with E-state index in [1.807, 2.05) is 36.4 Å². The zero-order chi connectivity index (χ0) is 13.9. The molecular weight excluding hydrogens is 264 g/mol. The first-order valence-electron chi connectivity index (χ1n) is 6.92. The Morgan fingerprint density at radius 3 is 2.95 bits per heavy atom. The molecule has 100 valence electrons. The summed E-state index contributed by atoms with van der Waals surface area (Å²) in [5.41, 5.74) is 2.92. The van der Waals surface area contributed by atoms with Gasteiger partial charge in [-0.2, -0.15) is 5.26 Å². The Morgan fingerprint density at radius 1 is 1.40 bits per heavy atom. The molecule has 1 aliphatic carbocycles. The highest BCUT2D eigenvalue weighted by molar-refractivity contribution is 7.13. The van der Waals surface area contributed by atoms with Crippen LogP contribution in [-0.4, -0.2) is 4.98 Å². The van der Waals surface area contributed by atoms with E-state index < -0.39 is 0 Å². The number of allylic oxidation sites excluding steroid dienone is 1. The second-order valence-corrected chi connectivity index (χ2v) is 6.40. The molecule has 3 rings (SSSR count). The van der Waals surface area contributed by atoms with E-state index in [-0.39, 0.29) is 0 Å². The third kappa shape index (κ3) is 2.66. The van der Waals surface area contributed by atoms with Crippen molar-refractivity contribution in [3.63, 3.8) is 0 Å². The van der Waals surface area contributed by atoms with Crippen molar-refractivity contribution >= 4 is 23.0 Å². The highest BCUT2D eigenvalue weighted by atomic mass is 32.1. The number of benzene rings is 1. The summed E-state index contributed by atoms with van der Waals surface area (Å²) >= 11 is 1.69. The van der Waals surface area contributed by atoms with Gasteiger partial charge in [0.2, 0.25) is 0 Å². The first-order valence-corrected chi connectivity index (χ1v) is 7.73. The van der Waals surface area contributed by atoms with E-state index in [1.54, 1.807) is 11.3 Å². The molecule has 0 fully saturated rings. The van der Waals surface area contributed by atoms with Crippen LogP contribution in [0.5, 0.6) is 0 Å². The summed E-state index contributed by atoms with van der Waals surface area (Å²) in [5, 5.41) is 10.3. The van der Waals surface area contributed by atoms with Gasteiger partial charge in [0.15, 0.2) is 0 Å². The van der Waals surface area contributed by atoms with Crippen molar-refractivity contribution in [2.45, 2.75) is 26.2 Å². The van der Waals surface area contributed by atoms with Gasteiger partial charge in [-0.05, 0) is 36.8 Å². The van der Waals surface area contributed by atoms with E-state index in [2.05, 4.69) is 18.0 Å². The summed E-state index contributed by atoms with van der Waals surface area (Å²) in [6.07, 6.45) is 5.29. The van der Waals surface area contributed by atoms with Gasteiger partial charge in [-0.3, -0.25) is 0 Å². The van der Waals surface area contributed by atoms with E-state index >= 15 is 0 Å². The summed E-state index contributed by atoms with van der Waals surface area (Å²) in [4.78, 5) is 6.05. The maximum absolute atomic E-state index is 9.40. The first-order chi connectivity index (χ1) is 9.76. The minimum Gasteiger partial charge on any atom is -0.240 e. The van der Waals surface area contributed by atoms with Crippen molar-refractivity contribution in [1.29, 1.82) is 5.26 Å². The Labute approximate surface area is 123 Å². The quantitative estimate of drug-likeness (QED) is 0.768. The molecule has 3 heteroatoms. The molecule has 0 saturated heterocycles. The molecule has 1 aromatic carbocycles. The fraction of sp³-hybridized carbons (Fsp3) is 0.294. The number of aromatic nitrogens is 1. The van der Waals surface area contributed by atoms with Gasteiger partial charge >= 0.3 is 0 Å². The molecule has 0 bridgehead atoms. The topological polar surface area (TPSA) is 36.7 Å². The fourth-order valence-electron chi connectivity index (χ4n) is 2.51. The van der Waals surface area contributed by atoms with E-state index in [4.69, 9.17) is 0 Å². The van der Waals surface area contributed by atoms with E-state index in [9.17, 15) is 5.26 Å². The highest BCUT2D eigenvalue weighted by Crippen LogP contribution is 2.32. The minimum atomic E-state index is 0.670. The fourth-order valence-corrected chi connectivity index (χ4v) is 3.75. The maximum atomic E-state index is 9.40. The molecular formula is C17H16N2S. The molecule has 0 amide bonds. The van der Waals surface area contributed by atoms with Crippen LogP contribution in [-0.2, 0) is 12.8 Å². The normalized spacial score (nSPS) is 18.4. The van der Waals surface area contributed by atoms with Crippen molar-refractivity contribution < 1.29 is 0 Å². The lowest BCUT2D eigenvalue weighted by Gasteiger charge is -2.15. The monoisotopic (exact) mass is 280 g/mol. The van der Waals surface area contributed by atoms with Gasteiger partial charge < -0.3 is 0 Å². The van der Waals surface area contributed by atoms with Crippen molar-refractivity contribution in [2.75, 3.05) is 0 Å². The molecule has 2 aromatic rings. The van der Waals surface area contributed by atoms with Crippen LogP contribution < -0.4 is 0 Å². The van der Waals surface area contributed by atoms with Crippen LogP contribution >= 0.6 is 11.3 Å². The highest BCUT2D eigenvalue weighted by Gasteiger charge is 2.20. The Morgan fingerprint density at radius 2 is 2.20 bits per heavy atom. The zero-order valence-corrected chi connectivity index (χ0v) is 12.3. The number of aryl methyl sites for hydroxylation is 1. The maximum Gasteiger partial charge on any atom is 0.134 e. The van der Waals surface area contributed by atoms with E-state index in [0.29, 0.717) is 5.57 Å². The number of nitrogens with zero attached hydrogens (tertiary/aromatic N) is 2. The third-order valence-electron chi connectivity index (χ3n) is 3.65. The predicted octanol–water partition coefficient (Wildman–Crippen LogP) is 4.33. The molecule has 0 saturated carbocycles. The van der Waals surface area contributed by atoms with Gasteiger partial charge in [-0.15, -0.1) is 11.3 Å². The first kappa shape index (κ1) is 13.1. The number of rotatable bonds is 2. The molecule has 0 N–H and O–H groups in total. The molecule has 1 heterocycles. The smallest absolute Gasteiger partial charge is 0.134 e. The van der Waals surface area contributed by atoms with Gasteiger partial charge in [-0.25, -0.2) is 4.98 Å². The van der Waals surface area contributed by atoms with Crippen LogP contribution in [0, 0.1) is 17.2 Å². The lowest BCUT2D eigenvalue weighted by atomic mass is 9.93. The Balaban J connectivity index is 1.95. The molecule has 0 spiro atoms. The van der Waals surface area contributed by atoms with Crippen molar-refractivity contribution in [2.24, 2.45) is 5.92 Å². The van der Waals surface area contributed by atoms with Gasteiger partial charge in [0.25, 0.3) is 0 Å². The Hall–Kier alpha value is -1.92. The molecule has 20 heavy (non-hydrogen) atoms. The average molecular weight is 280 g/mol. The summed E-state index contributed by atoms with van der Waals surface area (Å²) in [7, 11) is 0. The molecule has 1 aromatic heterocycles. The Kier molecular flexibility index (Phi) is 3.66. The van der Waals surface area contributed by atoms with Crippen LogP contribution in [0.1, 0.15) is 34.5 Å². The number of hydrogen-bond donors (Lipinski definition) is 0. The molecule has 0 aliphatic heterocycles. The summed E-state index contributed by atoms with van der Waals surface area (Å²) in [6, 6.07) is 12.3. The van der Waals surface area contributed by atoms with Crippen LogP contribution in [0.25, 0.3) is 11.6 Å². The van der Waals surface area contributed by atoms with E-state index in [1.165, 1.54) is 17.0 Å². The van der Waals surface area contributed by atoms with Gasteiger partial charge in [-0.1, -0.05) is 37.3 Å². The van der Waals surface area contributed by atoms with Crippen molar-refractivity contribution in [3.8, 4) is 6.07 Å². The Bertz CT molecular complexity index is 677. The van der Waals surface area contributed by atoms with E-state index in [0.717, 1.165) is 29.3 Å². The third-order valence-corrected chi connectivity index (χ3v) is 4.80. The summed E-state index contributed by atoms with van der Waals surface area (Å²) < 4.78 is 0. The van der Waals surface area contributed by atoms with Crippen LogP contribution in [0.2, 0.25) is 0 Å². The predicted molar refractivity (Wildman–Crippen MR) is 83.2 cm³/mol. The van der Waals surface area contributed by atoms with Crippen molar-refractivity contribution in [3.05, 3.63) is 51.5 Å². The number of nitriles is 1. The lowest BCUT2D eigenvalue weighted by Crippen LogP contribution is -2.09. The van der Waals surface area contributed by atoms with Crippen molar-refractivity contribution in [1.82, 2.24) is 4.98 Å². The van der Waals surface area contributed by atoms with Crippen LogP contribution in [0.3, 0.4) is 0 Å². The van der Waals surface area contributed by atoms with Crippen LogP contribution in [0.4, 0.5) is 0 Å². The minimum absolute atomic E-state index is 0.670. The van der Waals surface area contributed by atoms with Gasteiger partial charge in [0, 0.05) is 4.88 Å². The SMILES string of the molecule is C[C@@H]1CCc2nc(/C(C#N)=C\c3ccccc3)sc2C1. The molecule has 0 radical (unpaired) electrons. The summed E-state index contributed by atoms with van der Waals surface area (Å²) in [6.45, 7) is 2.29. The number of fused-ring (bicyclic) bond motifs is 1. The summed E-state index contributed by atoms with van der Waals surface area (Å²) in [5.74, 6) is 0.736. The zero-order valence-electron chi connectivity index (χ0n) is 11.5. The second kappa shape index (κ2) is 5.60. The number of hydrogen-bond acceptors (Lipinski definition) is 3.